The maximum Gasteiger partial charge on any atom is 0.428 e. The van der Waals surface area contributed by atoms with E-state index in [1.54, 1.807) is 24.3 Å². The summed E-state index contributed by atoms with van der Waals surface area (Å²) in [5.41, 5.74) is 0. The normalized spacial score (nSPS) is 24.9. The van der Waals surface area contributed by atoms with Crippen molar-refractivity contribution >= 4 is 0 Å². The standard InChI is InChI=1S/C11H12F3NO2/c12-11(13,14)10-15-6-9(17-10)7-16-8-4-2-1-3-5-8/h1-5,9-10,15H,6-7H2. The molecule has 6 heteroatoms. The van der Waals surface area contributed by atoms with E-state index in [2.05, 4.69) is 5.32 Å². The summed E-state index contributed by atoms with van der Waals surface area (Å²) in [6.45, 7) is 0.237. The Morgan fingerprint density at radius 1 is 1.29 bits per heavy atom. The SMILES string of the molecule is FC(F)(F)C1NCC(COc2ccccc2)O1. The lowest BCUT2D eigenvalue weighted by atomic mass is 10.3. The fraction of sp³-hybridized carbons (Fsp3) is 0.455. The van der Waals surface area contributed by atoms with Crippen LogP contribution in [0.25, 0.3) is 0 Å². The van der Waals surface area contributed by atoms with Crippen molar-refractivity contribution in [2.45, 2.75) is 18.5 Å². The quantitative estimate of drug-likeness (QED) is 0.885. The summed E-state index contributed by atoms with van der Waals surface area (Å²) < 4.78 is 46.9. The first-order chi connectivity index (χ1) is 8.05. The molecule has 2 unspecified atom stereocenters. The van der Waals surface area contributed by atoms with Crippen molar-refractivity contribution in [2.75, 3.05) is 13.2 Å². The van der Waals surface area contributed by atoms with Crippen molar-refractivity contribution in [3.05, 3.63) is 30.3 Å². The van der Waals surface area contributed by atoms with Crippen LogP contribution in [0.3, 0.4) is 0 Å². The van der Waals surface area contributed by atoms with E-state index in [4.69, 9.17) is 9.47 Å². The molecule has 0 aromatic heterocycles. The molecular formula is C11H12F3NO2. The Hall–Kier alpha value is -1.27. The molecule has 0 aliphatic carbocycles. The van der Waals surface area contributed by atoms with E-state index in [9.17, 15) is 13.2 Å². The second-order valence-electron chi connectivity index (χ2n) is 3.71. The first-order valence-electron chi connectivity index (χ1n) is 5.19. The van der Waals surface area contributed by atoms with Crippen LogP contribution in [-0.4, -0.2) is 31.7 Å². The number of nitrogens with one attached hydrogen (secondary N) is 1. The lowest BCUT2D eigenvalue weighted by molar-refractivity contribution is -0.221. The van der Waals surface area contributed by atoms with E-state index >= 15 is 0 Å². The van der Waals surface area contributed by atoms with Crippen LogP contribution in [0.15, 0.2) is 30.3 Å². The molecule has 1 N–H and O–H groups in total. The summed E-state index contributed by atoms with van der Waals surface area (Å²) >= 11 is 0. The number of para-hydroxylation sites is 1. The van der Waals surface area contributed by atoms with Gasteiger partial charge in [-0.25, -0.2) is 0 Å². The molecule has 0 radical (unpaired) electrons. The molecular weight excluding hydrogens is 235 g/mol. The number of alkyl halides is 3. The van der Waals surface area contributed by atoms with E-state index in [1.165, 1.54) is 0 Å². The van der Waals surface area contributed by atoms with Gasteiger partial charge in [0.15, 0.2) is 0 Å². The van der Waals surface area contributed by atoms with E-state index in [0.717, 1.165) is 0 Å². The summed E-state index contributed by atoms with van der Waals surface area (Å²) in [6, 6.07) is 8.90. The Balaban J connectivity index is 1.79. The van der Waals surface area contributed by atoms with Gasteiger partial charge >= 0.3 is 6.18 Å². The molecule has 1 fully saturated rings. The molecule has 2 rings (SSSR count). The molecule has 0 amide bonds. The maximum atomic E-state index is 12.3. The van der Waals surface area contributed by atoms with Gasteiger partial charge in [-0.3, -0.25) is 5.32 Å². The van der Waals surface area contributed by atoms with Crippen LogP contribution in [0.2, 0.25) is 0 Å². The van der Waals surface area contributed by atoms with Crippen LogP contribution in [-0.2, 0) is 4.74 Å². The molecule has 1 heterocycles. The summed E-state index contributed by atoms with van der Waals surface area (Å²) in [4.78, 5) is 0. The second-order valence-corrected chi connectivity index (χ2v) is 3.71. The van der Waals surface area contributed by atoms with Crippen LogP contribution in [0.1, 0.15) is 0 Å². The Labute approximate surface area is 96.5 Å². The van der Waals surface area contributed by atoms with E-state index in [0.29, 0.717) is 5.75 Å². The highest BCUT2D eigenvalue weighted by Gasteiger charge is 2.45. The van der Waals surface area contributed by atoms with Gasteiger partial charge in [-0.15, -0.1) is 0 Å². The van der Waals surface area contributed by atoms with Crippen LogP contribution >= 0.6 is 0 Å². The molecule has 1 saturated heterocycles. The molecule has 0 spiro atoms. The highest BCUT2D eigenvalue weighted by Crippen LogP contribution is 2.25. The van der Waals surface area contributed by atoms with Gasteiger partial charge in [0.05, 0.1) is 0 Å². The van der Waals surface area contributed by atoms with Crippen molar-refractivity contribution in [3.8, 4) is 5.75 Å². The van der Waals surface area contributed by atoms with Gasteiger partial charge in [-0.1, -0.05) is 18.2 Å². The van der Waals surface area contributed by atoms with Gasteiger partial charge in [0.2, 0.25) is 6.23 Å². The lowest BCUT2D eigenvalue weighted by Gasteiger charge is -2.15. The molecule has 0 bridgehead atoms. The van der Waals surface area contributed by atoms with Gasteiger partial charge in [0, 0.05) is 6.54 Å². The van der Waals surface area contributed by atoms with Gasteiger partial charge in [-0.05, 0) is 12.1 Å². The molecule has 1 aliphatic heterocycles. The second kappa shape index (κ2) is 4.93. The lowest BCUT2D eigenvalue weighted by Crippen LogP contribution is -2.38. The van der Waals surface area contributed by atoms with Crippen LogP contribution in [0.5, 0.6) is 5.75 Å². The Morgan fingerprint density at radius 2 is 2.00 bits per heavy atom. The van der Waals surface area contributed by atoms with Crippen molar-refractivity contribution in [3.63, 3.8) is 0 Å². The molecule has 1 aromatic carbocycles. The summed E-state index contributed by atoms with van der Waals surface area (Å²) in [5, 5.41) is 2.26. The fourth-order valence-corrected chi connectivity index (χ4v) is 1.52. The van der Waals surface area contributed by atoms with E-state index in [1.807, 2.05) is 6.07 Å². The number of halogens is 3. The van der Waals surface area contributed by atoms with Crippen molar-refractivity contribution in [1.82, 2.24) is 5.32 Å². The number of ether oxygens (including phenoxy) is 2. The third-order valence-electron chi connectivity index (χ3n) is 2.34. The maximum absolute atomic E-state index is 12.3. The minimum absolute atomic E-state index is 0.101. The highest BCUT2D eigenvalue weighted by molar-refractivity contribution is 5.20. The predicted octanol–water partition coefficient (Wildman–Crippen LogP) is 1.94. The molecule has 2 atom stereocenters. The number of hydrogen-bond acceptors (Lipinski definition) is 3. The van der Waals surface area contributed by atoms with Gasteiger partial charge in [0.25, 0.3) is 0 Å². The third-order valence-corrected chi connectivity index (χ3v) is 2.34. The average Bonchev–Trinajstić information content (AvgIpc) is 2.76. The third kappa shape index (κ3) is 3.34. The molecule has 94 valence electrons. The monoisotopic (exact) mass is 247 g/mol. The predicted molar refractivity (Wildman–Crippen MR) is 54.7 cm³/mol. The zero-order valence-electron chi connectivity index (χ0n) is 8.91. The van der Waals surface area contributed by atoms with Gasteiger partial charge < -0.3 is 9.47 Å². The smallest absolute Gasteiger partial charge is 0.428 e. The van der Waals surface area contributed by atoms with Crippen molar-refractivity contribution < 1.29 is 22.6 Å². The van der Waals surface area contributed by atoms with E-state index < -0.39 is 18.5 Å². The zero-order valence-corrected chi connectivity index (χ0v) is 8.91. The zero-order chi connectivity index (χ0) is 12.3. The van der Waals surface area contributed by atoms with Crippen LogP contribution in [0.4, 0.5) is 13.2 Å². The Bertz CT molecular complexity index is 355. The number of benzene rings is 1. The highest BCUT2D eigenvalue weighted by atomic mass is 19.4. The number of rotatable bonds is 3. The van der Waals surface area contributed by atoms with Gasteiger partial charge in [-0.2, -0.15) is 13.2 Å². The van der Waals surface area contributed by atoms with E-state index in [-0.39, 0.29) is 13.2 Å². The Kier molecular flexibility index (Phi) is 3.54. The molecule has 1 aliphatic rings. The summed E-state index contributed by atoms with van der Waals surface area (Å²) in [6.07, 6.45) is -6.84. The Morgan fingerprint density at radius 3 is 2.59 bits per heavy atom. The van der Waals surface area contributed by atoms with Crippen LogP contribution in [0, 0.1) is 0 Å². The first kappa shape index (κ1) is 12.2. The molecule has 3 nitrogen and oxygen atoms in total. The number of hydrogen-bond donors (Lipinski definition) is 1. The fourth-order valence-electron chi connectivity index (χ4n) is 1.52. The van der Waals surface area contributed by atoms with Crippen molar-refractivity contribution in [2.24, 2.45) is 0 Å². The largest absolute Gasteiger partial charge is 0.491 e. The first-order valence-corrected chi connectivity index (χ1v) is 5.19. The topological polar surface area (TPSA) is 30.5 Å². The molecule has 17 heavy (non-hydrogen) atoms. The molecule has 0 saturated carbocycles. The minimum atomic E-state index is -4.37. The molecule has 1 aromatic rings. The van der Waals surface area contributed by atoms with Crippen molar-refractivity contribution in [1.29, 1.82) is 0 Å². The summed E-state index contributed by atoms with van der Waals surface area (Å²) in [7, 11) is 0. The van der Waals surface area contributed by atoms with Gasteiger partial charge in [0.1, 0.15) is 18.5 Å². The summed E-state index contributed by atoms with van der Waals surface area (Å²) in [5.74, 6) is 0.617. The van der Waals surface area contributed by atoms with Crippen LogP contribution < -0.4 is 10.1 Å². The average molecular weight is 247 g/mol. The minimum Gasteiger partial charge on any atom is -0.491 e.